The Labute approximate surface area is 176 Å². The van der Waals surface area contributed by atoms with E-state index in [-0.39, 0.29) is 6.04 Å². The van der Waals surface area contributed by atoms with E-state index in [1.54, 1.807) is 0 Å². The van der Waals surface area contributed by atoms with Gasteiger partial charge in [-0.1, -0.05) is 47.1 Å². The van der Waals surface area contributed by atoms with Gasteiger partial charge in [-0.25, -0.2) is 9.18 Å². The molecule has 2 atom stereocenters. The van der Waals surface area contributed by atoms with Crippen LogP contribution < -0.4 is 10.6 Å². The van der Waals surface area contributed by atoms with E-state index in [0.29, 0.717) is 12.0 Å². The lowest BCUT2D eigenvalue weighted by atomic mass is 9.92. The van der Waals surface area contributed by atoms with Gasteiger partial charge in [0.2, 0.25) is 5.91 Å². The smallest absolute Gasteiger partial charge is 0.325 e. The maximum atomic E-state index is 13.2. The number of nitrogens with one attached hydrogen (secondary N) is 2. The van der Waals surface area contributed by atoms with E-state index in [2.05, 4.69) is 26.6 Å². The minimum absolute atomic E-state index is 0.236. The summed E-state index contributed by atoms with van der Waals surface area (Å²) in [4.78, 5) is 38.7. The average Bonchev–Trinajstić information content (AvgIpc) is 2.91. The Morgan fingerprint density at radius 1 is 1.17 bits per heavy atom. The summed E-state index contributed by atoms with van der Waals surface area (Å²) < 4.78 is 14.1. The molecule has 0 aromatic heterocycles. The molecule has 2 unspecified atom stereocenters. The van der Waals surface area contributed by atoms with Gasteiger partial charge in [-0.3, -0.25) is 14.5 Å². The Bertz CT molecular complexity index is 933. The Morgan fingerprint density at radius 3 is 2.38 bits per heavy atom. The quantitative estimate of drug-likeness (QED) is 0.644. The van der Waals surface area contributed by atoms with Gasteiger partial charge in [-0.15, -0.1) is 0 Å². The zero-order valence-electron chi connectivity index (χ0n) is 16.0. The molecule has 0 bridgehead atoms. The second kappa shape index (κ2) is 8.32. The highest BCUT2D eigenvalue weighted by Crippen LogP contribution is 2.29. The lowest BCUT2D eigenvalue weighted by Crippen LogP contribution is -2.43. The van der Waals surface area contributed by atoms with Crippen LogP contribution in [0.2, 0.25) is 0 Å². The van der Waals surface area contributed by atoms with Crippen LogP contribution in [0.5, 0.6) is 0 Å². The van der Waals surface area contributed by atoms with Crippen LogP contribution in [0.1, 0.15) is 37.4 Å². The number of hydrogen-bond acceptors (Lipinski definition) is 3. The molecular formula is C21H21BrFN3O3. The number of amides is 4. The Balaban J connectivity index is 1.71. The summed E-state index contributed by atoms with van der Waals surface area (Å²) in [5, 5.41) is 5.47. The monoisotopic (exact) mass is 461 g/mol. The van der Waals surface area contributed by atoms with E-state index in [1.807, 2.05) is 31.2 Å². The van der Waals surface area contributed by atoms with Crippen LogP contribution in [0.15, 0.2) is 53.0 Å². The molecule has 2 aromatic rings. The summed E-state index contributed by atoms with van der Waals surface area (Å²) in [6.45, 7) is 3.08. The molecule has 152 valence electrons. The molecule has 1 aliphatic rings. The third-order valence-corrected chi connectivity index (χ3v) is 5.54. The van der Waals surface area contributed by atoms with Crippen LogP contribution in [-0.4, -0.2) is 29.3 Å². The SMILES string of the molecule is CCC(NC(=O)CN1C(=O)NC(C)(c2ccc(F)cc2)C1=O)c1ccc(Br)cc1. The molecule has 1 saturated heterocycles. The van der Waals surface area contributed by atoms with E-state index in [1.165, 1.54) is 31.2 Å². The molecule has 2 N–H and O–H groups in total. The largest absolute Gasteiger partial charge is 0.348 e. The maximum Gasteiger partial charge on any atom is 0.325 e. The highest BCUT2D eigenvalue weighted by atomic mass is 79.9. The molecule has 1 aliphatic heterocycles. The topological polar surface area (TPSA) is 78.5 Å². The number of urea groups is 1. The van der Waals surface area contributed by atoms with Gasteiger partial charge in [0.1, 0.15) is 17.9 Å². The van der Waals surface area contributed by atoms with E-state index >= 15 is 0 Å². The number of carbonyl (C=O) groups excluding carboxylic acids is 3. The number of halogens is 2. The summed E-state index contributed by atoms with van der Waals surface area (Å²) in [5.41, 5.74) is 0.0276. The third kappa shape index (κ3) is 4.32. The highest BCUT2D eigenvalue weighted by Gasteiger charge is 2.49. The van der Waals surface area contributed by atoms with Crippen molar-refractivity contribution in [1.29, 1.82) is 0 Å². The van der Waals surface area contributed by atoms with Gasteiger partial charge in [0.05, 0.1) is 6.04 Å². The van der Waals surface area contributed by atoms with Crippen LogP contribution in [0.3, 0.4) is 0 Å². The van der Waals surface area contributed by atoms with Crippen LogP contribution >= 0.6 is 15.9 Å². The summed E-state index contributed by atoms with van der Waals surface area (Å²) >= 11 is 3.38. The number of carbonyl (C=O) groups is 3. The fourth-order valence-electron chi connectivity index (χ4n) is 3.32. The number of hydrogen-bond donors (Lipinski definition) is 2. The molecule has 3 rings (SSSR count). The molecule has 1 fully saturated rings. The molecule has 0 saturated carbocycles. The van der Waals surface area contributed by atoms with Gasteiger partial charge in [0.25, 0.3) is 5.91 Å². The standard InChI is InChI=1S/C21H21BrFN3O3/c1-3-17(13-4-8-15(22)9-5-13)24-18(27)12-26-19(28)21(2,25-20(26)29)14-6-10-16(23)11-7-14/h4-11,17H,3,12H2,1-2H3,(H,24,27)(H,25,29). The van der Waals surface area contributed by atoms with Crippen LogP contribution in [0, 0.1) is 5.82 Å². The molecule has 0 aliphatic carbocycles. The van der Waals surface area contributed by atoms with Crippen molar-refractivity contribution in [3.8, 4) is 0 Å². The third-order valence-electron chi connectivity index (χ3n) is 5.01. The van der Waals surface area contributed by atoms with Gasteiger partial charge >= 0.3 is 6.03 Å². The van der Waals surface area contributed by atoms with Crippen molar-refractivity contribution in [2.75, 3.05) is 6.54 Å². The van der Waals surface area contributed by atoms with Gasteiger partial charge in [0.15, 0.2) is 0 Å². The van der Waals surface area contributed by atoms with Gasteiger partial charge in [0, 0.05) is 4.47 Å². The lowest BCUT2D eigenvalue weighted by Gasteiger charge is -2.23. The zero-order chi connectivity index (χ0) is 21.2. The molecule has 2 aromatic carbocycles. The Morgan fingerprint density at radius 2 is 1.79 bits per heavy atom. The van der Waals surface area contributed by atoms with E-state index in [0.717, 1.165) is 14.9 Å². The maximum absolute atomic E-state index is 13.2. The van der Waals surface area contributed by atoms with Crippen molar-refractivity contribution >= 4 is 33.8 Å². The van der Waals surface area contributed by atoms with E-state index in [4.69, 9.17) is 0 Å². The normalized spacial score (nSPS) is 19.8. The average molecular weight is 462 g/mol. The van der Waals surface area contributed by atoms with Gasteiger partial charge < -0.3 is 10.6 Å². The van der Waals surface area contributed by atoms with Gasteiger partial charge in [-0.2, -0.15) is 0 Å². The molecule has 8 heteroatoms. The van der Waals surface area contributed by atoms with Crippen molar-refractivity contribution in [2.24, 2.45) is 0 Å². The van der Waals surface area contributed by atoms with Crippen molar-refractivity contribution in [1.82, 2.24) is 15.5 Å². The first-order valence-electron chi connectivity index (χ1n) is 9.19. The van der Waals surface area contributed by atoms with Crippen LogP contribution in [0.25, 0.3) is 0 Å². The van der Waals surface area contributed by atoms with Crippen molar-refractivity contribution in [3.63, 3.8) is 0 Å². The minimum atomic E-state index is -1.35. The predicted molar refractivity (Wildman–Crippen MR) is 109 cm³/mol. The Kier molecular flexibility index (Phi) is 6.02. The number of rotatable bonds is 6. The van der Waals surface area contributed by atoms with Crippen molar-refractivity contribution in [2.45, 2.75) is 31.8 Å². The van der Waals surface area contributed by atoms with Crippen LogP contribution in [0.4, 0.5) is 9.18 Å². The summed E-state index contributed by atoms with van der Waals surface area (Å²) in [5.74, 6) is -1.43. The molecule has 0 radical (unpaired) electrons. The molecule has 6 nitrogen and oxygen atoms in total. The van der Waals surface area contributed by atoms with Gasteiger partial charge in [-0.05, 0) is 48.7 Å². The fourth-order valence-corrected chi connectivity index (χ4v) is 3.58. The summed E-state index contributed by atoms with van der Waals surface area (Å²) in [6, 6.07) is 12.0. The number of nitrogens with zero attached hydrogens (tertiary/aromatic N) is 1. The first kappa shape index (κ1) is 21.0. The second-order valence-electron chi connectivity index (χ2n) is 7.03. The lowest BCUT2D eigenvalue weighted by molar-refractivity contribution is -0.135. The van der Waals surface area contributed by atoms with Crippen molar-refractivity contribution in [3.05, 3.63) is 69.9 Å². The minimum Gasteiger partial charge on any atom is -0.348 e. The molecule has 0 spiro atoms. The summed E-state index contributed by atoms with van der Waals surface area (Å²) in [7, 11) is 0. The Hall–Kier alpha value is -2.74. The highest BCUT2D eigenvalue weighted by molar-refractivity contribution is 9.10. The zero-order valence-corrected chi connectivity index (χ0v) is 17.6. The molecule has 1 heterocycles. The van der Waals surface area contributed by atoms with E-state index < -0.39 is 35.7 Å². The first-order valence-corrected chi connectivity index (χ1v) is 9.99. The molecule has 4 amide bonds. The number of benzene rings is 2. The predicted octanol–water partition coefficient (Wildman–Crippen LogP) is 3.62. The van der Waals surface area contributed by atoms with Crippen LogP contribution in [-0.2, 0) is 15.1 Å². The summed E-state index contributed by atoms with van der Waals surface area (Å²) in [6.07, 6.45) is 0.654. The second-order valence-corrected chi connectivity index (χ2v) is 7.95. The first-order chi connectivity index (χ1) is 13.7. The van der Waals surface area contributed by atoms with Crippen molar-refractivity contribution < 1.29 is 18.8 Å². The fraction of sp³-hybridized carbons (Fsp3) is 0.286. The number of imide groups is 1. The van der Waals surface area contributed by atoms with E-state index in [9.17, 15) is 18.8 Å². The molecular weight excluding hydrogens is 441 g/mol. The molecule has 29 heavy (non-hydrogen) atoms.